The molecule has 0 spiro atoms. The molecular formula is C31H31N5O3. The second kappa shape index (κ2) is 9.54. The summed E-state index contributed by atoms with van der Waals surface area (Å²) in [5.41, 5.74) is 11.6. The molecule has 198 valence electrons. The van der Waals surface area contributed by atoms with E-state index in [9.17, 15) is 14.4 Å². The van der Waals surface area contributed by atoms with Crippen molar-refractivity contribution in [3.05, 3.63) is 101 Å². The van der Waals surface area contributed by atoms with Gasteiger partial charge in [-0.3, -0.25) is 19.8 Å². The topological polar surface area (TPSA) is 93.8 Å². The number of hydrogen-bond donors (Lipinski definition) is 3. The molecule has 3 amide bonds. The van der Waals surface area contributed by atoms with E-state index in [-0.39, 0.29) is 41.6 Å². The number of carbonyl (C=O) groups is 3. The number of benzene rings is 3. The molecule has 3 atom stereocenters. The van der Waals surface area contributed by atoms with Gasteiger partial charge in [-0.05, 0) is 48.2 Å². The quantitative estimate of drug-likeness (QED) is 0.488. The molecule has 1 saturated carbocycles. The van der Waals surface area contributed by atoms with Gasteiger partial charge in [0.05, 0.1) is 12.1 Å². The molecule has 0 bridgehead atoms. The molecule has 4 aliphatic rings. The van der Waals surface area contributed by atoms with Crippen LogP contribution in [0.1, 0.15) is 68.2 Å². The number of carbonyl (C=O) groups excluding carboxylic acids is 3. The molecule has 8 nitrogen and oxygen atoms in total. The van der Waals surface area contributed by atoms with Gasteiger partial charge >= 0.3 is 0 Å². The van der Waals surface area contributed by atoms with E-state index in [2.05, 4.69) is 28.3 Å². The van der Waals surface area contributed by atoms with Crippen LogP contribution in [0.5, 0.6) is 0 Å². The number of nitrogens with one attached hydrogen (secondary N) is 3. The minimum atomic E-state index is -0.140. The van der Waals surface area contributed by atoms with E-state index < -0.39 is 0 Å². The van der Waals surface area contributed by atoms with Crippen LogP contribution in [0.3, 0.4) is 0 Å². The van der Waals surface area contributed by atoms with Gasteiger partial charge in [-0.2, -0.15) is 0 Å². The first kappa shape index (κ1) is 23.9. The molecule has 1 aliphatic carbocycles. The van der Waals surface area contributed by atoms with Crippen LogP contribution in [0.4, 0.5) is 5.69 Å². The Bertz CT molecular complexity index is 1430. The van der Waals surface area contributed by atoms with Crippen LogP contribution in [-0.2, 0) is 4.79 Å². The summed E-state index contributed by atoms with van der Waals surface area (Å²) >= 11 is 0. The Morgan fingerprint density at radius 3 is 2.18 bits per heavy atom. The Morgan fingerprint density at radius 2 is 1.46 bits per heavy atom. The second-order valence-corrected chi connectivity index (χ2v) is 10.9. The zero-order chi connectivity index (χ0) is 26.5. The third-order valence-electron chi connectivity index (χ3n) is 8.54. The molecular weight excluding hydrogens is 490 g/mol. The van der Waals surface area contributed by atoms with Crippen molar-refractivity contribution in [2.45, 2.75) is 30.8 Å². The highest BCUT2D eigenvalue weighted by Gasteiger charge is 2.43. The summed E-state index contributed by atoms with van der Waals surface area (Å²) < 4.78 is 0. The fourth-order valence-corrected chi connectivity index (χ4v) is 6.31. The summed E-state index contributed by atoms with van der Waals surface area (Å²) in [7, 11) is 0. The fourth-order valence-electron chi connectivity index (χ4n) is 6.31. The average Bonchev–Trinajstić information content (AvgIpc) is 3.84. The highest BCUT2D eigenvalue weighted by atomic mass is 16.2. The van der Waals surface area contributed by atoms with Crippen LogP contribution in [0.15, 0.2) is 72.8 Å². The van der Waals surface area contributed by atoms with Gasteiger partial charge in [0, 0.05) is 60.4 Å². The van der Waals surface area contributed by atoms with Crippen LogP contribution < -0.4 is 16.2 Å². The standard InChI is InChI=1S/C31H31N5O3/c37-29-23-7-4-8-24-26(23)28(33-34-29)25(27(32-24)20-5-2-1-3-6-20)19-9-11-21(12-10-19)30(38)35-15-17-36(18-16-35)31(39)22-13-14-22/h1-12,22,25,27-28,32-33H,13-18H2,(H,34,37). The number of piperazine rings is 1. The van der Waals surface area contributed by atoms with Gasteiger partial charge in [0.25, 0.3) is 11.8 Å². The zero-order valence-electron chi connectivity index (χ0n) is 21.6. The molecule has 2 fully saturated rings. The number of rotatable bonds is 4. The highest BCUT2D eigenvalue weighted by Crippen LogP contribution is 2.50. The summed E-state index contributed by atoms with van der Waals surface area (Å²) in [6.45, 7) is 2.33. The molecule has 7 rings (SSSR count). The summed E-state index contributed by atoms with van der Waals surface area (Å²) in [5.74, 6) is 0.281. The lowest BCUT2D eigenvalue weighted by atomic mass is 9.74. The van der Waals surface area contributed by atoms with Crippen LogP contribution in [0.25, 0.3) is 0 Å². The summed E-state index contributed by atoms with van der Waals surface area (Å²) in [4.78, 5) is 42.1. The third kappa shape index (κ3) is 4.25. The van der Waals surface area contributed by atoms with E-state index in [1.54, 1.807) is 0 Å². The molecule has 3 unspecified atom stereocenters. The second-order valence-electron chi connectivity index (χ2n) is 10.9. The molecule has 3 heterocycles. The van der Waals surface area contributed by atoms with Crippen molar-refractivity contribution in [3.63, 3.8) is 0 Å². The first-order chi connectivity index (χ1) is 19.1. The van der Waals surface area contributed by atoms with E-state index in [4.69, 9.17) is 0 Å². The lowest BCUT2D eigenvalue weighted by molar-refractivity contribution is -0.134. The first-order valence-corrected chi connectivity index (χ1v) is 13.8. The molecule has 3 aliphatic heterocycles. The molecule has 0 radical (unpaired) electrons. The largest absolute Gasteiger partial charge is 0.377 e. The van der Waals surface area contributed by atoms with E-state index in [1.165, 1.54) is 0 Å². The van der Waals surface area contributed by atoms with Crippen LogP contribution in [-0.4, -0.2) is 53.7 Å². The molecule has 1 saturated heterocycles. The van der Waals surface area contributed by atoms with Gasteiger partial charge in [-0.15, -0.1) is 0 Å². The average molecular weight is 522 g/mol. The SMILES string of the molecule is O=C1NNC2c3c(cccc31)NC(c1ccccc1)C2c1ccc(C(=O)N2CCN(C(=O)C3CC3)CC2)cc1. The van der Waals surface area contributed by atoms with E-state index in [0.717, 1.165) is 35.2 Å². The molecule has 0 aromatic heterocycles. The lowest BCUT2D eigenvalue weighted by Crippen LogP contribution is -2.51. The van der Waals surface area contributed by atoms with Crippen LogP contribution in [0, 0.1) is 5.92 Å². The normalized spacial score (nSPS) is 23.9. The summed E-state index contributed by atoms with van der Waals surface area (Å²) in [6, 6.07) is 23.8. The molecule has 8 heteroatoms. The number of hydrazine groups is 1. The van der Waals surface area contributed by atoms with Crippen LogP contribution in [0.2, 0.25) is 0 Å². The molecule has 3 aromatic rings. The van der Waals surface area contributed by atoms with Crippen molar-refractivity contribution < 1.29 is 14.4 Å². The Hall–Kier alpha value is -4.17. The molecule has 3 N–H and O–H groups in total. The van der Waals surface area contributed by atoms with Crippen molar-refractivity contribution in [2.24, 2.45) is 5.92 Å². The number of hydrogen-bond acceptors (Lipinski definition) is 5. The fraction of sp³-hybridized carbons (Fsp3) is 0.323. The van der Waals surface area contributed by atoms with Crippen molar-refractivity contribution >= 4 is 23.4 Å². The third-order valence-corrected chi connectivity index (χ3v) is 8.54. The van der Waals surface area contributed by atoms with E-state index >= 15 is 0 Å². The van der Waals surface area contributed by atoms with Gasteiger partial charge in [0.2, 0.25) is 5.91 Å². The molecule has 3 aromatic carbocycles. The summed E-state index contributed by atoms with van der Waals surface area (Å²) in [6.07, 6.45) is 2.00. The van der Waals surface area contributed by atoms with E-state index in [0.29, 0.717) is 37.3 Å². The number of nitrogens with zero attached hydrogens (tertiary/aromatic N) is 2. The predicted molar refractivity (Wildman–Crippen MR) is 147 cm³/mol. The molecule has 39 heavy (non-hydrogen) atoms. The Morgan fingerprint density at radius 1 is 0.744 bits per heavy atom. The highest BCUT2D eigenvalue weighted by molar-refractivity contribution is 5.98. The Labute approximate surface area is 227 Å². The maximum Gasteiger partial charge on any atom is 0.265 e. The van der Waals surface area contributed by atoms with Crippen molar-refractivity contribution in [1.82, 2.24) is 20.7 Å². The Kier molecular flexibility index (Phi) is 5.85. The van der Waals surface area contributed by atoms with Crippen molar-refractivity contribution in [2.75, 3.05) is 31.5 Å². The number of amides is 3. The van der Waals surface area contributed by atoms with Gasteiger partial charge in [0.15, 0.2) is 0 Å². The minimum Gasteiger partial charge on any atom is -0.377 e. The monoisotopic (exact) mass is 521 g/mol. The first-order valence-electron chi connectivity index (χ1n) is 13.8. The minimum absolute atomic E-state index is 0.00265. The Balaban J connectivity index is 1.16. The number of anilines is 1. The van der Waals surface area contributed by atoms with Gasteiger partial charge in [-0.25, -0.2) is 5.43 Å². The van der Waals surface area contributed by atoms with Gasteiger partial charge in [-0.1, -0.05) is 48.5 Å². The maximum absolute atomic E-state index is 13.3. The van der Waals surface area contributed by atoms with Crippen molar-refractivity contribution in [1.29, 1.82) is 0 Å². The van der Waals surface area contributed by atoms with Gasteiger partial charge in [0.1, 0.15) is 0 Å². The summed E-state index contributed by atoms with van der Waals surface area (Å²) in [5, 5.41) is 3.71. The maximum atomic E-state index is 13.3. The predicted octanol–water partition coefficient (Wildman–Crippen LogP) is 3.62. The van der Waals surface area contributed by atoms with E-state index in [1.807, 2.05) is 70.5 Å². The lowest BCUT2D eigenvalue weighted by Gasteiger charge is -2.44. The van der Waals surface area contributed by atoms with Crippen molar-refractivity contribution in [3.8, 4) is 0 Å². The van der Waals surface area contributed by atoms with Crippen LogP contribution >= 0.6 is 0 Å². The smallest absolute Gasteiger partial charge is 0.265 e. The zero-order valence-corrected chi connectivity index (χ0v) is 21.6. The van der Waals surface area contributed by atoms with Gasteiger partial charge < -0.3 is 15.1 Å².